The van der Waals surface area contributed by atoms with Crippen molar-refractivity contribution >= 4 is 16.9 Å². The maximum Gasteiger partial charge on any atom is 0.287 e. The fraction of sp³-hybridized carbons (Fsp3) is 0.381. The van der Waals surface area contributed by atoms with Crippen LogP contribution in [0.5, 0.6) is 0 Å². The summed E-state index contributed by atoms with van der Waals surface area (Å²) in [6, 6.07) is 8.18. The lowest BCUT2D eigenvalue weighted by Gasteiger charge is -2.25. The molecule has 1 fully saturated rings. The molecule has 0 saturated carbocycles. The van der Waals surface area contributed by atoms with Gasteiger partial charge in [0, 0.05) is 17.5 Å². The number of nitrogens with zero attached hydrogens (tertiary/aromatic N) is 1. The summed E-state index contributed by atoms with van der Waals surface area (Å²) in [5.41, 5.74) is 1.16. The van der Waals surface area contributed by atoms with Gasteiger partial charge in [-0.2, -0.15) is 0 Å². The summed E-state index contributed by atoms with van der Waals surface area (Å²) >= 11 is 0. The summed E-state index contributed by atoms with van der Waals surface area (Å²) in [5, 5.41) is 3.60. The molecule has 1 aliphatic rings. The lowest BCUT2D eigenvalue weighted by atomic mass is 10.1. The Bertz CT molecular complexity index is 969. The lowest BCUT2D eigenvalue weighted by Crippen LogP contribution is -2.36. The Hall–Kier alpha value is -2.60. The Morgan fingerprint density at radius 2 is 1.96 bits per heavy atom. The molecule has 0 radical (unpaired) electrons. The number of aryl methyl sites for hydroxylation is 2. The Morgan fingerprint density at radius 3 is 2.67 bits per heavy atom. The van der Waals surface area contributed by atoms with Gasteiger partial charge in [-0.15, -0.1) is 0 Å². The van der Waals surface area contributed by atoms with Crippen LogP contribution in [-0.2, 0) is 0 Å². The molecule has 0 spiro atoms. The smallest absolute Gasteiger partial charge is 0.287 e. The molecule has 1 atom stereocenters. The van der Waals surface area contributed by atoms with Gasteiger partial charge in [0.05, 0.1) is 6.04 Å². The molecular formula is C21H23FN2O3. The minimum atomic E-state index is -0.347. The Balaban J connectivity index is 1.53. The van der Waals surface area contributed by atoms with Gasteiger partial charge < -0.3 is 14.2 Å². The number of likely N-dealkylation sites (tertiary alicyclic amines) is 1. The SMILES string of the molecule is Cc1ccc([C@H](CNC(=O)c2oc3ccc(F)cc3c2C)N2CCCC2)o1. The Morgan fingerprint density at radius 1 is 1.19 bits per heavy atom. The summed E-state index contributed by atoms with van der Waals surface area (Å²) in [6.45, 7) is 6.09. The summed E-state index contributed by atoms with van der Waals surface area (Å²) in [4.78, 5) is 15.1. The van der Waals surface area contributed by atoms with E-state index in [1.807, 2.05) is 19.1 Å². The quantitative estimate of drug-likeness (QED) is 0.725. The zero-order valence-corrected chi connectivity index (χ0v) is 15.5. The van der Waals surface area contributed by atoms with Crippen LogP contribution in [0.2, 0.25) is 0 Å². The predicted octanol–water partition coefficient (Wildman–Crippen LogP) is 4.35. The van der Waals surface area contributed by atoms with E-state index in [4.69, 9.17) is 8.83 Å². The number of halogens is 1. The molecular weight excluding hydrogens is 347 g/mol. The maximum absolute atomic E-state index is 13.5. The van der Waals surface area contributed by atoms with Crippen molar-refractivity contribution in [1.29, 1.82) is 0 Å². The molecule has 1 aromatic carbocycles. The van der Waals surface area contributed by atoms with Gasteiger partial charge in [-0.3, -0.25) is 9.69 Å². The van der Waals surface area contributed by atoms with Gasteiger partial charge in [-0.05, 0) is 70.1 Å². The van der Waals surface area contributed by atoms with Crippen LogP contribution in [0.3, 0.4) is 0 Å². The van der Waals surface area contributed by atoms with Crippen LogP contribution in [0.25, 0.3) is 11.0 Å². The van der Waals surface area contributed by atoms with Crippen molar-refractivity contribution in [3.63, 3.8) is 0 Å². The molecule has 1 N–H and O–H groups in total. The molecule has 4 rings (SSSR count). The molecule has 0 unspecified atom stereocenters. The minimum Gasteiger partial charge on any atom is -0.465 e. The number of nitrogens with one attached hydrogen (secondary N) is 1. The van der Waals surface area contributed by atoms with E-state index in [9.17, 15) is 9.18 Å². The first-order valence-electron chi connectivity index (χ1n) is 9.30. The van der Waals surface area contributed by atoms with Gasteiger partial charge in [0.1, 0.15) is 22.9 Å². The number of benzene rings is 1. The van der Waals surface area contributed by atoms with Gasteiger partial charge in [0.25, 0.3) is 5.91 Å². The number of carbonyl (C=O) groups excluding carboxylic acids is 1. The third kappa shape index (κ3) is 3.49. The third-order valence-electron chi connectivity index (χ3n) is 5.23. The summed E-state index contributed by atoms with van der Waals surface area (Å²) in [5.74, 6) is 1.30. The van der Waals surface area contributed by atoms with E-state index >= 15 is 0 Å². The molecule has 3 heterocycles. The lowest BCUT2D eigenvalue weighted by molar-refractivity contribution is 0.0907. The monoisotopic (exact) mass is 370 g/mol. The second kappa shape index (κ2) is 7.19. The summed E-state index contributed by atoms with van der Waals surface area (Å²) in [6.07, 6.45) is 2.30. The third-order valence-corrected chi connectivity index (χ3v) is 5.23. The van der Waals surface area contributed by atoms with Crippen molar-refractivity contribution in [3.8, 4) is 0 Å². The Kier molecular flexibility index (Phi) is 4.74. The molecule has 3 aromatic rings. The van der Waals surface area contributed by atoms with E-state index in [-0.39, 0.29) is 23.5 Å². The van der Waals surface area contributed by atoms with Crippen molar-refractivity contribution in [2.45, 2.75) is 32.7 Å². The molecule has 6 heteroatoms. The van der Waals surface area contributed by atoms with E-state index in [0.29, 0.717) is 23.1 Å². The number of furan rings is 2. The van der Waals surface area contributed by atoms with Crippen LogP contribution in [-0.4, -0.2) is 30.4 Å². The second-order valence-corrected chi connectivity index (χ2v) is 7.11. The summed E-state index contributed by atoms with van der Waals surface area (Å²) in [7, 11) is 0. The largest absolute Gasteiger partial charge is 0.465 e. The van der Waals surface area contributed by atoms with Gasteiger partial charge >= 0.3 is 0 Å². The predicted molar refractivity (Wildman–Crippen MR) is 100 cm³/mol. The van der Waals surface area contributed by atoms with Crippen molar-refractivity contribution in [2.75, 3.05) is 19.6 Å². The fourth-order valence-electron chi connectivity index (χ4n) is 3.77. The summed E-state index contributed by atoms with van der Waals surface area (Å²) < 4.78 is 25.0. The zero-order chi connectivity index (χ0) is 19.0. The second-order valence-electron chi connectivity index (χ2n) is 7.11. The average molecular weight is 370 g/mol. The number of hydrogen-bond donors (Lipinski definition) is 1. The first-order valence-corrected chi connectivity index (χ1v) is 9.30. The number of fused-ring (bicyclic) bond motifs is 1. The molecule has 1 aliphatic heterocycles. The average Bonchev–Trinajstić information content (AvgIpc) is 3.38. The maximum atomic E-state index is 13.5. The first kappa shape index (κ1) is 17.8. The van der Waals surface area contributed by atoms with Crippen molar-refractivity contribution < 1.29 is 18.0 Å². The van der Waals surface area contributed by atoms with E-state index in [1.54, 1.807) is 13.0 Å². The van der Waals surface area contributed by atoms with Crippen LogP contribution in [0.15, 0.2) is 39.2 Å². The minimum absolute atomic E-state index is 0.00715. The van der Waals surface area contributed by atoms with Crippen LogP contribution in [0.4, 0.5) is 4.39 Å². The molecule has 0 bridgehead atoms. The van der Waals surface area contributed by atoms with Gasteiger partial charge in [0.2, 0.25) is 0 Å². The van der Waals surface area contributed by atoms with Gasteiger partial charge in [0.15, 0.2) is 5.76 Å². The van der Waals surface area contributed by atoms with Crippen LogP contribution >= 0.6 is 0 Å². The molecule has 2 aromatic heterocycles. The highest BCUT2D eigenvalue weighted by Gasteiger charge is 2.27. The van der Waals surface area contributed by atoms with Crippen molar-refractivity contribution in [1.82, 2.24) is 10.2 Å². The topological polar surface area (TPSA) is 58.6 Å². The molecule has 1 amide bonds. The number of amides is 1. The van der Waals surface area contributed by atoms with Crippen LogP contribution < -0.4 is 5.32 Å². The fourth-order valence-corrected chi connectivity index (χ4v) is 3.77. The number of rotatable bonds is 5. The molecule has 142 valence electrons. The van der Waals surface area contributed by atoms with Gasteiger partial charge in [-0.25, -0.2) is 4.39 Å². The first-order chi connectivity index (χ1) is 13.0. The van der Waals surface area contributed by atoms with Crippen LogP contribution in [0.1, 0.15) is 46.5 Å². The highest BCUT2D eigenvalue weighted by Crippen LogP contribution is 2.28. The van der Waals surface area contributed by atoms with E-state index in [0.717, 1.165) is 37.5 Å². The molecule has 5 nitrogen and oxygen atoms in total. The van der Waals surface area contributed by atoms with E-state index in [1.165, 1.54) is 12.1 Å². The highest BCUT2D eigenvalue weighted by atomic mass is 19.1. The van der Waals surface area contributed by atoms with Crippen LogP contribution in [0, 0.1) is 19.7 Å². The number of carbonyl (C=O) groups is 1. The standard InChI is InChI=1S/C21H23FN2O3/c1-13-5-7-19(26-13)17(24-9-3-4-10-24)12-23-21(25)20-14(2)16-11-15(22)6-8-18(16)27-20/h5-8,11,17H,3-4,9-10,12H2,1-2H3,(H,23,25)/t17-/m0/s1. The zero-order valence-electron chi connectivity index (χ0n) is 15.5. The normalized spacial score (nSPS) is 16.1. The number of hydrogen-bond acceptors (Lipinski definition) is 4. The van der Waals surface area contributed by atoms with E-state index < -0.39 is 0 Å². The van der Waals surface area contributed by atoms with Crippen molar-refractivity contribution in [2.24, 2.45) is 0 Å². The highest BCUT2D eigenvalue weighted by molar-refractivity contribution is 5.98. The van der Waals surface area contributed by atoms with Gasteiger partial charge in [-0.1, -0.05) is 0 Å². The van der Waals surface area contributed by atoms with Crippen molar-refractivity contribution in [3.05, 3.63) is 59.0 Å². The van der Waals surface area contributed by atoms with E-state index in [2.05, 4.69) is 10.2 Å². The Labute approximate surface area is 157 Å². The molecule has 27 heavy (non-hydrogen) atoms. The molecule has 1 saturated heterocycles. The molecule has 0 aliphatic carbocycles.